The molecule has 1 aliphatic rings. The van der Waals surface area contributed by atoms with E-state index >= 15 is 0 Å². The summed E-state index contributed by atoms with van der Waals surface area (Å²) < 4.78 is 44.1. The Balaban J connectivity index is 1.61. The van der Waals surface area contributed by atoms with Gasteiger partial charge in [-0.1, -0.05) is 0 Å². The van der Waals surface area contributed by atoms with Gasteiger partial charge in [-0.2, -0.15) is 18.3 Å². The first-order chi connectivity index (χ1) is 11.9. The molecule has 1 saturated heterocycles. The molecule has 1 N–H and O–H groups in total. The third-order valence-electron chi connectivity index (χ3n) is 3.69. The number of nitrogens with one attached hydrogen (secondary N) is 1. The minimum Gasteiger partial charge on any atom is -0.350 e. The second-order valence-electron chi connectivity index (χ2n) is 5.54. The first kappa shape index (κ1) is 17.4. The highest BCUT2D eigenvalue weighted by Gasteiger charge is 2.33. The Morgan fingerprint density at radius 1 is 1.24 bits per heavy atom. The van der Waals surface area contributed by atoms with Crippen LogP contribution < -0.4 is 5.48 Å². The lowest BCUT2D eigenvalue weighted by atomic mass is 10.2. The van der Waals surface area contributed by atoms with E-state index in [-0.39, 0.29) is 0 Å². The van der Waals surface area contributed by atoms with Crippen molar-refractivity contribution in [2.75, 3.05) is 6.61 Å². The highest BCUT2D eigenvalue weighted by molar-refractivity contribution is 5.93. The van der Waals surface area contributed by atoms with Crippen LogP contribution in [-0.2, 0) is 15.8 Å². The van der Waals surface area contributed by atoms with Gasteiger partial charge in [-0.15, -0.1) is 0 Å². The largest absolute Gasteiger partial charge is 0.435 e. The molecule has 1 aromatic carbocycles. The number of carbonyl (C=O) groups is 1. The third kappa shape index (κ3) is 4.37. The van der Waals surface area contributed by atoms with E-state index in [1.54, 1.807) is 0 Å². The van der Waals surface area contributed by atoms with Crippen LogP contribution in [0.4, 0.5) is 13.2 Å². The topological polar surface area (TPSA) is 65.4 Å². The maximum Gasteiger partial charge on any atom is 0.435 e. The van der Waals surface area contributed by atoms with Gasteiger partial charge in [0.05, 0.1) is 5.69 Å². The monoisotopic (exact) mass is 355 g/mol. The van der Waals surface area contributed by atoms with E-state index in [1.807, 2.05) is 0 Å². The van der Waals surface area contributed by atoms with Crippen LogP contribution in [0.5, 0.6) is 0 Å². The summed E-state index contributed by atoms with van der Waals surface area (Å²) in [5.41, 5.74) is 2.05. The molecule has 1 aliphatic heterocycles. The molecule has 0 bridgehead atoms. The lowest BCUT2D eigenvalue weighted by molar-refractivity contribution is -0.186. The number of rotatable bonds is 4. The number of alkyl halides is 3. The molecule has 0 spiro atoms. The van der Waals surface area contributed by atoms with E-state index in [9.17, 15) is 18.0 Å². The molecule has 1 aromatic heterocycles. The second-order valence-corrected chi connectivity index (χ2v) is 5.54. The van der Waals surface area contributed by atoms with Crippen LogP contribution in [0, 0.1) is 0 Å². The predicted molar refractivity (Wildman–Crippen MR) is 80.7 cm³/mol. The molecule has 0 radical (unpaired) electrons. The molecule has 6 nitrogen and oxygen atoms in total. The fraction of sp³-hybridized carbons (Fsp3) is 0.375. The standard InChI is InChI=1S/C16H16F3N3O3/c17-16(18,19)13-8-9-22(20-13)12-6-4-11(5-7-12)15(23)21-25-14-3-1-2-10-24-14/h4-9,14H,1-3,10H2,(H,21,23)/t14-/m1/s1. The zero-order valence-electron chi connectivity index (χ0n) is 13.1. The van der Waals surface area contributed by atoms with Gasteiger partial charge in [-0.25, -0.2) is 15.0 Å². The lowest BCUT2D eigenvalue weighted by Gasteiger charge is -2.22. The van der Waals surface area contributed by atoms with Gasteiger partial charge in [0.15, 0.2) is 12.0 Å². The Labute approximate surface area is 141 Å². The highest BCUT2D eigenvalue weighted by atomic mass is 19.4. The number of hydrogen-bond acceptors (Lipinski definition) is 4. The molecular formula is C16H16F3N3O3. The summed E-state index contributed by atoms with van der Waals surface area (Å²) in [6.45, 7) is 0.596. The molecule has 0 aliphatic carbocycles. The fourth-order valence-electron chi connectivity index (χ4n) is 2.37. The van der Waals surface area contributed by atoms with Gasteiger partial charge in [0, 0.05) is 24.8 Å². The van der Waals surface area contributed by atoms with E-state index < -0.39 is 24.1 Å². The van der Waals surface area contributed by atoms with Crippen LogP contribution in [0.1, 0.15) is 35.3 Å². The van der Waals surface area contributed by atoms with Crippen molar-refractivity contribution in [3.63, 3.8) is 0 Å². The van der Waals surface area contributed by atoms with Crippen molar-refractivity contribution in [1.29, 1.82) is 0 Å². The van der Waals surface area contributed by atoms with Crippen LogP contribution in [0.15, 0.2) is 36.5 Å². The van der Waals surface area contributed by atoms with Gasteiger partial charge in [0.25, 0.3) is 5.91 Å². The molecule has 134 valence electrons. The molecule has 3 rings (SSSR count). The molecule has 1 fully saturated rings. The number of hydroxylamine groups is 1. The first-order valence-corrected chi connectivity index (χ1v) is 7.74. The van der Waals surface area contributed by atoms with E-state index in [1.165, 1.54) is 30.5 Å². The Hall–Kier alpha value is -2.39. The van der Waals surface area contributed by atoms with Gasteiger partial charge in [0.2, 0.25) is 0 Å². The summed E-state index contributed by atoms with van der Waals surface area (Å²) in [4.78, 5) is 17.2. The summed E-state index contributed by atoms with van der Waals surface area (Å²) in [5.74, 6) is -0.461. The number of amides is 1. The Kier molecular flexibility index (Phi) is 5.05. The Morgan fingerprint density at radius 3 is 2.60 bits per heavy atom. The van der Waals surface area contributed by atoms with E-state index in [2.05, 4.69) is 10.6 Å². The normalized spacial score (nSPS) is 18.1. The minimum atomic E-state index is -4.50. The predicted octanol–water partition coefficient (Wildman–Crippen LogP) is 3.08. The van der Waals surface area contributed by atoms with Crippen LogP contribution in [0.2, 0.25) is 0 Å². The number of carbonyl (C=O) groups excluding carboxylic acids is 1. The SMILES string of the molecule is O=C(NO[C@@H]1CCCCO1)c1ccc(-n2ccc(C(F)(F)F)n2)cc1. The third-order valence-corrected chi connectivity index (χ3v) is 3.69. The van der Waals surface area contributed by atoms with E-state index in [0.717, 1.165) is 23.6 Å². The van der Waals surface area contributed by atoms with Gasteiger partial charge in [-0.3, -0.25) is 4.79 Å². The number of aromatic nitrogens is 2. The maximum atomic E-state index is 12.6. The van der Waals surface area contributed by atoms with Crippen LogP contribution >= 0.6 is 0 Å². The summed E-state index contributed by atoms with van der Waals surface area (Å²) >= 11 is 0. The van der Waals surface area contributed by atoms with Crippen LogP contribution in [0.3, 0.4) is 0 Å². The van der Waals surface area contributed by atoms with Crippen molar-refractivity contribution >= 4 is 5.91 Å². The highest BCUT2D eigenvalue weighted by Crippen LogP contribution is 2.27. The van der Waals surface area contributed by atoms with Crippen molar-refractivity contribution in [2.45, 2.75) is 31.7 Å². The van der Waals surface area contributed by atoms with Gasteiger partial charge < -0.3 is 4.74 Å². The summed E-state index contributed by atoms with van der Waals surface area (Å²) in [6.07, 6.45) is -1.09. The molecule has 2 aromatic rings. The number of nitrogens with zero attached hydrogens (tertiary/aromatic N) is 2. The number of ether oxygens (including phenoxy) is 1. The van der Waals surface area contributed by atoms with Gasteiger partial charge >= 0.3 is 6.18 Å². The van der Waals surface area contributed by atoms with Gasteiger partial charge in [-0.05, 0) is 43.2 Å². The molecule has 1 atom stereocenters. The zero-order chi connectivity index (χ0) is 17.9. The number of benzene rings is 1. The van der Waals surface area contributed by atoms with Crippen molar-refractivity contribution in [1.82, 2.24) is 15.3 Å². The molecule has 0 saturated carbocycles. The average Bonchev–Trinajstić information content (AvgIpc) is 3.11. The first-order valence-electron chi connectivity index (χ1n) is 7.74. The van der Waals surface area contributed by atoms with Crippen molar-refractivity contribution < 1.29 is 27.5 Å². The molecule has 0 unspecified atom stereocenters. The zero-order valence-corrected chi connectivity index (χ0v) is 13.1. The van der Waals surface area contributed by atoms with Crippen molar-refractivity contribution in [2.24, 2.45) is 0 Å². The van der Waals surface area contributed by atoms with Crippen molar-refractivity contribution in [3.05, 3.63) is 47.8 Å². The second kappa shape index (κ2) is 7.24. The molecule has 25 heavy (non-hydrogen) atoms. The molecular weight excluding hydrogens is 339 g/mol. The number of hydrogen-bond donors (Lipinski definition) is 1. The molecule has 9 heteroatoms. The summed E-state index contributed by atoms with van der Waals surface area (Å²) in [7, 11) is 0. The Morgan fingerprint density at radius 2 is 2.00 bits per heavy atom. The molecule has 1 amide bonds. The quantitative estimate of drug-likeness (QED) is 0.856. The van der Waals surface area contributed by atoms with E-state index in [4.69, 9.17) is 9.57 Å². The smallest absolute Gasteiger partial charge is 0.350 e. The van der Waals surface area contributed by atoms with E-state index in [0.29, 0.717) is 24.3 Å². The number of halogens is 3. The van der Waals surface area contributed by atoms with Crippen molar-refractivity contribution in [3.8, 4) is 5.69 Å². The maximum absolute atomic E-state index is 12.6. The lowest BCUT2D eigenvalue weighted by Crippen LogP contribution is -2.33. The fourth-order valence-corrected chi connectivity index (χ4v) is 2.37. The van der Waals surface area contributed by atoms with Gasteiger partial charge in [0.1, 0.15) is 0 Å². The minimum absolute atomic E-state index is 0.308. The van der Waals surface area contributed by atoms with Crippen LogP contribution in [0.25, 0.3) is 5.69 Å². The average molecular weight is 355 g/mol. The summed E-state index contributed by atoms with van der Waals surface area (Å²) in [5, 5.41) is 3.47. The summed E-state index contributed by atoms with van der Waals surface area (Å²) in [6, 6.07) is 6.84. The Bertz CT molecular complexity index is 722. The molecule has 2 heterocycles. The van der Waals surface area contributed by atoms with Crippen LogP contribution in [-0.4, -0.2) is 28.6 Å².